The Bertz CT molecular complexity index is 807. The van der Waals surface area contributed by atoms with Crippen molar-refractivity contribution in [3.8, 4) is 11.6 Å². The number of nitrogens with one attached hydrogen (secondary N) is 1. The van der Waals surface area contributed by atoms with E-state index < -0.39 is 5.91 Å². The van der Waals surface area contributed by atoms with Gasteiger partial charge in [0.2, 0.25) is 5.88 Å². The van der Waals surface area contributed by atoms with E-state index in [1.807, 2.05) is 26.0 Å². The summed E-state index contributed by atoms with van der Waals surface area (Å²) in [4.78, 5) is 16.9. The van der Waals surface area contributed by atoms with E-state index in [1.54, 1.807) is 18.2 Å². The van der Waals surface area contributed by atoms with Gasteiger partial charge in [-0.1, -0.05) is 17.7 Å². The smallest absolute Gasteiger partial charge is 0.276 e. The van der Waals surface area contributed by atoms with Crippen molar-refractivity contribution in [2.24, 2.45) is 0 Å². The number of carbonyl (C=O) groups excluding carboxylic acids is 1. The van der Waals surface area contributed by atoms with Gasteiger partial charge in [0.25, 0.3) is 5.91 Å². The fourth-order valence-electron chi connectivity index (χ4n) is 2.80. The Hall–Kier alpha value is -2.31. The molecule has 1 aromatic carbocycles. The molecule has 7 heteroatoms. The average Bonchev–Trinajstić information content (AvgIpc) is 3.17. The summed E-state index contributed by atoms with van der Waals surface area (Å²) < 4.78 is 16.9. The Balaban J connectivity index is 1.76. The number of ether oxygens (including phenoxy) is 3. The molecule has 0 aliphatic carbocycles. The highest BCUT2D eigenvalue weighted by atomic mass is 35.5. The minimum absolute atomic E-state index is 0.0908. The van der Waals surface area contributed by atoms with Crippen molar-refractivity contribution in [1.82, 2.24) is 4.98 Å². The Morgan fingerprint density at radius 2 is 2.19 bits per heavy atom. The molecule has 1 aromatic heterocycles. The number of amides is 1. The molecule has 0 saturated carbocycles. The maximum atomic E-state index is 12.7. The number of aryl methyl sites for hydroxylation is 1. The van der Waals surface area contributed by atoms with E-state index in [9.17, 15) is 4.79 Å². The molecule has 1 saturated heterocycles. The predicted molar refractivity (Wildman–Crippen MR) is 104 cm³/mol. The molecule has 1 N–H and O–H groups in total. The maximum absolute atomic E-state index is 12.7. The van der Waals surface area contributed by atoms with Crippen molar-refractivity contribution in [1.29, 1.82) is 0 Å². The Morgan fingerprint density at radius 1 is 1.33 bits per heavy atom. The molecule has 1 amide bonds. The Labute approximate surface area is 163 Å². The number of halogens is 1. The molecule has 2 heterocycles. The van der Waals surface area contributed by atoms with Crippen LogP contribution < -0.4 is 14.8 Å². The standard InChI is InChI=1S/C20H23ClN2O4/c1-3-25-18-9-7-15(21)19(23-18)20(24)22-16-8-6-13(2)11-17(16)27-12-14-5-4-10-26-14/h6-9,11,14H,3-5,10,12H2,1-2H3,(H,22,24). The van der Waals surface area contributed by atoms with Gasteiger partial charge in [0.1, 0.15) is 12.4 Å². The van der Waals surface area contributed by atoms with E-state index in [-0.39, 0.29) is 16.8 Å². The van der Waals surface area contributed by atoms with Crippen LogP contribution in [0.25, 0.3) is 0 Å². The molecule has 27 heavy (non-hydrogen) atoms. The van der Waals surface area contributed by atoms with Crippen LogP contribution in [0.1, 0.15) is 35.8 Å². The zero-order chi connectivity index (χ0) is 19.2. The van der Waals surface area contributed by atoms with Crippen LogP contribution in [0.5, 0.6) is 11.6 Å². The number of nitrogens with zero attached hydrogens (tertiary/aromatic N) is 1. The maximum Gasteiger partial charge on any atom is 0.276 e. The highest BCUT2D eigenvalue weighted by Crippen LogP contribution is 2.28. The minimum Gasteiger partial charge on any atom is -0.489 e. The number of benzene rings is 1. The second kappa shape index (κ2) is 9.06. The van der Waals surface area contributed by atoms with E-state index in [0.29, 0.717) is 30.5 Å². The minimum atomic E-state index is -0.424. The van der Waals surface area contributed by atoms with Crippen molar-refractivity contribution in [2.75, 3.05) is 25.1 Å². The molecule has 0 radical (unpaired) electrons. The highest BCUT2D eigenvalue weighted by molar-refractivity contribution is 6.34. The van der Waals surface area contributed by atoms with E-state index in [2.05, 4.69) is 10.3 Å². The fraction of sp³-hybridized carbons (Fsp3) is 0.400. The van der Waals surface area contributed by atoms with Gasteiger partial charge in [-0.05, 0) is 50.5 Å². The second-order valence-electron chi connectivity index (χ2n) is 6.31. The third-order valence-corrected chi connectivity index (χ3v) is 4.47. The average molecular weight is 391 g/mol. The molecule has 6 nitrogen and oxygen atoms in total. The van der Waals surface area contributed by atoms with Crippen LogP contribution in [0, 0.1) is 6.92 Å². The second-order valence-corrected chi connectivity index (χ2v) is 6.72. The van der Waals surface area contributed by atoms with E-state index in [4.69, 9.17) is 25.8 Å². The van der Waals surface area contributed by atoms with E-state index in [0.717, 1.165) is 25.0 Å². The third-order valence-electron chi connectivity index (χ3n) is 4.16. The monoisotopic (exact) mass is 390 g/mol. The Kier molecular flexibility index (Phi) is 6.53. The summed E-state index contributed by atoms with van der Waals surface area (Å²) in [7, 11) is 0. The lowest BCUT2D eigenvalue weighted by molar-refractivity contribution is 0.0681. The van der Waals surface area contributed by atoms with Crippen LogP contribution in [-0.4, -0.2) is 36.8 Å². The molecule has 3 rings (SSSR count). The molecule has 0 bridgehead atoms. The largest absolute Gasteiger partial charge is 0.489 e. The van der Waals surface area contributed by atoms with Gasteiger partial charge in [-0.15, -0.1) is 0 Å². The van der Waals surface area contributed by atoms with Crippen LogP contribution in [-0.2, 0) is 4.74 Å². The first-order chi connectivity index (χ1) is 13.1. The van der Waals surface area contributed by atoms with Crippen molar-refractivity contribution >= 4 is 23.2 Å². The van der Waals surface area contributed by atoms with Crippen LogP contribution in [0.4, 0.5) is 5.69 Å². The predicted octanol–water partition coefficient (Wildman–Crippen LogP) is 4.25. The molecule has 144 valence electrons. The number of hydrogen-bond donors (Lipinski definition) is 1. The molecular formula is C20H23ClN2O4. The van der Waals surface area contributed by atoms with Crippen LogP contribution >= 0.6 is 11.6 Å². The number of pyridine rings is 1. The molecule has 1 fully saturated rings. The number of aromatic nitrogens is 1. The highest BCUT2D eigenvalue weighted by Gasteiger charge is 2.19. The number of rotatable bonds is 7. The lowest BCUT2D eigenvalue weighted by atomic mass is 10.2. The number of anilines is 1. The molecule has 1 aliphatic heterocycles. The molecule has 0 spiro atoms. The van der Waals surface area contributed by atoms with Crippen molar-refractivity contribution < 1.29 is 19.0 Å². The van der Waals surface area contributed by atoms with Gasteiger partial charge in [0.05, 0.1) is 23.4 Å². The first-order valence-corrected chi connectivity index (χ1v) is 9.40. The Morgan fingerprint density at radius 3 is 2.93 bits per heavy atom. The van der Waals surface area contributed by atoms with Gasteiger partial charge in [0.15, 0.2) is 5.69 Å². The van der Waals surface area contributed by atoms with Gasteiger partial charge >= 0.3 is 0 Å². The summed E-state index contributed by atoms with van der Waals surface area (Å²) in [5, 5.41) is 3.09. The topological polar surface area (TPSA) is 69.7 Å². The number of hydrogen-bond acceptors (Lipinski definition) is 5. The molecule has 1 unspecified atom stereocenters. The fourth-order valence-corrected chi connectivity index (χ4v) is 3.00. The zero-order valence-corrected chi connectivity index (χ0v) is 16.2. The quantitative estimate of drug-likeness (QED) is 0.765. The van der Waals surface area contributed by atoms with Crippen LogP contribution in [0.15, 0.2) is 30.3 Å². The first-order valence-electron chi connectivity index (χ1n) is 9.02. The van der Waals surface area contributed by atoms with Crippen molar-refractivity contribution in [2.45, 2.75) is 32.8 Å². The summed E-state index contributed by atoms with van der Waals surface area (Å²) >= 11 is 6.14. The summed E-state index contributed by atoms with van der Waals surface area (Å²) in [6, 6.07) is 8.82. The van der Waals surface area contributed by atoms with E-state index >= 15 is 0 Å². The summed E-state index contributed by atoms with van der Waals surface area (Å²) in [6.07, 6.45) is 2.12. The molecule has 2 aromatic rings. The SMILES string of the molecule is CCOc1ccc(Cl)c(C(=O)Nc2ccc(C)cc2OCC2CCCO2)n1. The molecule has 1 aliphatic rings. The molecular weight excluding hydrogens is 368 g/mol. The lowest BCUT2D eigenvalue weighted by Crippen LogP contribution is -2.19. The lowest BCUT2D eigenvalue weighted by Gasteiger charge is -2.16. The first kappa shape index (κ1) is 19.5. The van der Waals surface area contributed by atoms with Crippen molar-refractivity contribution in [3.05, 3.63) is 46.6 Å². The van der Waals surface area contributed by atoms with Gasteiger partial charge in [-0.25, -0.2) is 4.98 Å². The third kappa shape index (κ3) is 5.11. The van der Waals surface area contributed by atoms with E-state index in [1.165, 1.54) is 0 Å². The number of carbonyl (C=O) groups is 1. The molecule has 1 atom stereocenters. The van der Waals surface area contributed by atoms with Crippen molar-refractivity contribution in [3.63, 3.8) is 0 Å². The van der Waals surface area contributed by atoms with Crippen LogP contribution in [0.2, 0.25) is 5.02 Å². The summed E-state index contributed by atoms with van der Waals surface area (Å²) in [5.74, 6) is 0.522. The van der Waals surface area contributed by atoms with Crippen LogP contribution in [0.3, 0.4) is 0 Å². The van der Waals surface area contributed by atoms with Gasteiger partial charge < -0.3 is 19.5 Å². The normalized spacial score (nSPS) is 16.2. The van der Waals surface area contributed by atoms with Gasteiger partial charge in [0, 0.05) is 12.7 Å². The van der Waals surface area contributed by atoms with Gasteiger partial charge in [-0.2, -0.15) is 0 Å². The van der Waals surface area contributed by atoms with Gasteiger partial charge in [-0.3, -0.25) is 4.79 Å². The zero-order valence-electron chi connectivity index (χ0n) is 15.5. The summed E-state index contributed by atoms with van der Waals surface area (Å²) in [6.45, 7) is 5.49. The summed E-state index contributed by atoms with van der Waals surface area (Å²) in [5.41, 5.74) is 1.70.